The lowest BCUT2D eigenvalue weighted by Gasteiger charge is -2.20. The van der Waals surface area contributed by atoms with Crippen molar-refractivity contribution in [1.82, 2.24) is 4.98 Å². The van der Waals surface area contributed by atoms with Crippen molar-refractivity contribution < 1.29 is 17.9 Å². The van der Waals surface area contributed by atoms with E-state index in [-0.39, 0.29) is 5.56 Å². The average Bonchev–Trinajstić information content (AvgIpc) is 2.82. The maximum Gasteiger partial charge on any atom is 0.418 e. The Bertz CT molecular complexity index is 385. The van der Waals surface area contributed by atoms with Crippen molar-refractivity contribution in [2.24, 2.45) is 0 Å². The van der Waals surface area contributed by atoms with Crippen LogP contribution in [0.3, 0.4) is 0 Å². The number of ether oxygens (including phenoxy) is 1. The van der Waals surface area contributed by atoms with Crippen molar-refractivity contribution in [1.29, 1.82) is 0 Å². The first-order chi connectivity index (χ1) is 8.52. The smallest absolute Gasteiger partial charge is 0.357 e. The molecule has 0 aliphatic carbocycles. The Morgan fingerprint density at radius 2 is 1.94 bits per heavy atom. The topological polar surface area (TPSA) is 25.4 Å². The van der Waals surface area contributed by atoms with Crippen LogP contribution in [-0.4, -0.2) is 24.2 Å². The number of nitrogens with zero attached hydrogens (tertiary/aromatic N) is 2. The summed E-state index contributed by atoms with van der Waals surface area (Å²) in [4.78, 5) is 6.07. The lowest BCUT2D eigenvalue weighted by molar-refractivity contribution is -0.210. The Morgan fingerprint density at radius 3 is 2.39 bits per heavy atom. The number of anilines is 1. The number of hydrogen-bond donors (Lipinski definition) is 0. The highest BCUT2D eigenvalue weighted by atomic mass is 19.4. The van der Waals surface area contributed by atoms with Gasteiger partial charge in [-0.3, -0.25) is 0 Å². The van der Waals surface area contributed by atoms with Gasteiger partial charge >= 0.3 is 6.18 Å². The van der Waals surface area contributed by atoms with Crippen LogP contribution < -0.4 is 4.90 Å². The summed E-state index contributed by atoms with van der Waals surface area (Å²) in [6.07, 6.45) is -3.33. The van der Waals surface area contributed by atoms with E-state index in [4.69, 9.17) is 7.11 Å². The number of rotatable bonds is 3. The second kappa shape index (κ2) is 5.14. The van der Waals surface area contributed by atoms with E-state index in [2.05, 4.69) is 9.72 Å². The molecule has 2 heterocycles. The van der Waals surface area contributed by atoms with Gasteiger partial charge in [-0.1, -0.05) is 6.07 Å². The number of hydrogen-bond acceptors (Lipinski definition) is 3. The van der Waals surface area contributed by atoms with Crippen molar-refractivity contribution in [3.63, 3.8) is 0 Å². The van der Waals surface area contributed by atoms with E-state index in [0.29, 0.717) is 5.82 Å². The fourth-order valence-electron chi connectivity index (χ4n) is 2.03. The van der Waals surface area contributed by atoms with E-state index in [0.717, 1.165) is 25.9 Å². The Labute approximate surface area is 104 Å². The molecule has 2 rings (SSSR count). The summed E-state index contributed by atoms with van der Waals surface area (Å²) in [6, 6.07) is 2.92. The zero-order valence-corrected chi connectivity index (χ0v) is 9.65. The minimum Gasteiger partial charge on any atom is -0.357 e. The van der Waals surface area contributed by atoms with Crippen molar-refractivity contribution >= 4 is 5.82 Å². The monoisotopic (exact) mass is 258 g/mol. The van der Waals surface area contributed by atoms with Crippen LogP contribution in [0.4, 0.5) is 19.0 Å². The van der Waals surface area contributed by atoms with Crippen LogP contribution in [-0.2, 0) is 4.74 Å². The molecule has 0 amide bonds. The SMILES string of the molecule is [CH]OC(c1ccc(N2CCCC2)nc1)C(F)(F)F. The molecule has 0 saturated carbocycles. The molecule has 0 bridgehead atoms. The Morgan fingerprint density at radius 1 is 1.28 bits per heavy atom. The van der Waals surface area contributed by atoms with Gasteiger partial charge < -0.3 is 9.64 Å². The van der Waals surface area contributed by atoms with E-state index in [1.807, 2.05) is 4.90 Å². The Hall–Kier alpha value is -1.30. The molecule has 1 aromatic rings. The first-order valence-corrected chi connectivity index (χ1v) is 5.65. The summed E-state index contributed by atoms with van der Waals surface area (Å²) in [6.45, 7) is 1.78. The Balaban J connectivity index is 2.15. The highest BCUT2D eigenvalue weighted by molar-refractivity contribution is 5.40. The molecule has 0 N–H and O–H groups in total. The van der Waals surface area contributed by atoms with Crippen LogP contribution in [0.15, 0.2) is 18.3 Å². The molecule has 3 nitrogen and oxygen atoms in total. The molecule has 2 radical (unpaired) electrons. The van der Waals surface area contributed by atoms with E-state index in [1.54, 1.807) is 6.07 Å². The van der Waals surface area contributed by atoms with Crippen LogP contribution in [0.5, 0.6) is 0 Å². The minimum atomic E-state index is -4.54. The number of aromatic nitrogens is 1. The van der Waals surface area contributed by atoms with Crippen LogP contribution in [0.1, 0.15) is 24.5 Å². The summed E-state index contributed by atoms with van der Waals surface area (Å²) in [5.41, 5.74) is -0.0899. The maximum absolute atomic E-state index is 12.6. The van der Waals surface area contributed by atoms with Crippen LogP contribution in [0.25, 0.3) is 0 Å². The standard InChI is InChI=1S/C12H13F3N2O/c1-18-11(12(13,14)15)9-4-5-10(16-8-9)17-6-2-3-7-17/h1,4-5,8,11H,2-3,6-7H2. The molecule has 1 aliphatic heterocycles. The van der Waals surface area contributed by atoms with Gasteiger partial charge in [-0.05, 0) is 18.9 Å². The van der Waals surface area contributed by atoms with E-state index < -0.39 is 12.3 Å². The molecule has 1 atom stereocenters. The van der Waals surface area contributed by atoms with Gasteiger partial charge in [-0.25, -0.2) is 4.98 Å². The molecule has 98 valence electrons. The van der Waals surface area contributed by atoms with E-state index >= 15 is 0 Å². The molecule has 6 heteroatoms. The quantitative estimate of drug-likeness (QED) is 0.833. The molecule has 1 fully saturated rings. The number of halogens is 3. The van der Waals surface area contributed by atoms with Crippen LogP contribution >= 0.6 is 0 Å². The number of pyridine rings is 1. The van der Waals surface area contributed by atoms with Crippen LogP contribution in [0, 0.1) is 7.11 Å². The second-order valence-corrected chi connectivity index (χ2v) is 4.20. The van der Waals surface area contributed by atoms with Crippen LogP contribution in [0.2, 0.25) is 0 Å². The lowest BCUT2D eigenvalue weighted by atomic mass is 10.1. The zero-order chi connectivity index (χ0) is 13.2. The summed E-state index contributed by atoms with van der Waals surface area (Å²) in [5, 5.41) is 0. The third-order valence-corrected chi connectivity index (χ3v) is 2.94. The largest absolute Gasteiger partial charge is 0.418 e. The molecule has 0 aromatic carbocycles. The zero-order valence-electron chi connectivity index (χ0n) is 9.65. The second-order valence-electron chi connectivity index (χ2n) is 4.20. The van der Waals surface area contributed by atoms with Gasteiger partial charge in [-0.2, -0.15) is 13.2 Å². The fraction of sp³-hybridized carbons (Fsp3) is 0.500. The number of alkyl halides is 3. The normalized spacial score (nSPS) is 18.1. The molecule has 0 spiro atoms. The first kappa shape index (κ1) is 13.1. The third-order valence-electron chi connectivity index (χ3n) is 2.94. The predicted molar refractivity (Wildman–Crippen MR) is 59.9 cm³/mol. The van der Waals surface area contributed by atoms with Gasteiger partial charge in [0.1, 0.15) is 12.9 Å². The van der Waals surface area contributed by atoms with Crippen molar-refractivity contribution in [2.75, 3.05) is 18.0 Å². The lowest BCUT2D eigenvalue weighted by Crippen LogP contribution is -2.23. The molecule has 18 heavy (non-hydrogen) atoms. The molecule has 1 saturated heterocycles. The first-order valence-electron chi connectivity index (χ1n) is 5.65. The van der Waals surface area contributed by atoms with Gasteiger partial charge in [-0.15, -0.1) is 0 Å². The molecule has 1 unspecified atom stereocenters. The third kappa shape index (κ3) is 2.75. The van der Waals surface area contributed by atoms with Gasteiger partial charge in [0.25, 0.3) is 0 Å². The fourth-order valence-corrected chi connectivity index (χ4v) is 2.03. The van der Waals surface area contributed by atoms with E-state index in [9.17, 15) is 13.2 Å². The highest BCUT2D eigenvalue weighted by Gasteiger charge is 2.41. The Kier molecular flexibility index (Phi) is 3.75. The van der Waals surface area contributed by atoms with Gasteiger partial charge in [0.15, 0.2) is 6.10 Å². The van der Waals surface area contributed by atoms with Gasteiger partial charge in [0, 0.05) is 24.8 Å². The predicted octanol–water partition coefficient (Wildman–Crippen LogP) is 2.97. The highest BCUT2D eigenvalue weighted by Crippen LogP contribution is 2.35. The molecule has 1 aliphatic rings. The summed E-state index contributed by atoms with van der Waals surface area (Å²) >= 11 is 0. The molecular formula is C12H13F3N2O. The maximum atomic E-state index is 12.6. The summed E-state index contributed by atoms with van der Waals surface area (Å²) in [7, 11) is 4.69. The van der Waals surface area contributed by atoms with E-state index in [1.165, 1.54) is 12.3 Å². The van der Waals surface area contributed by atoms with Gasteiger partial charge in [0.05, 0.1) is 0 Å². The van der Waals surface area contributed by atoms with Crippen molar-refractivity contribution in [3.05, 3.63) is 31.0 Å². The summed E-state index contributed by atoms with van der Waals surface area (Å²) < 4.78 is 41.7. The average molecular weight is 258 g/mol. The van der Waals surface area contributed by atoms with Crippen molar-refractivity contribution in [2.45, 2.75) is 25.1 Å². The van der Waals surface area contributed by atoms with Crippen molar-refractivity contribution in [3.8, 4) is 0 Å². The summed E-state index contributed by atoms with van der Waals surface area (Å²) in [5.74, 6) is 0.689. The molecular weight excluding hydrogens is 245 g/mol. The minimum absolute atomic E-state index is 0.0899. The molecule has 1 aromatic heterocycles. The van der Waals surface area contributed by atoms with Gasteiger partial charge in [0.2, 0.25) is 0 Å².